The van der Waals surface area contributed by atoms with Crippen LogP contribution >= 0.6 is 0 Å². The molecule has 0 aromatic carbocycles. The summed E-state index contributed by atoms with van der Waals surface area (Å²) < 4.78 is 0. The zero-order chi connectivity index (χ0) is 10.3. The van der Waals surface area contributed by atoms with Crippen LogP contribution in [0.5, 0.6) is 0 Å². The van der Waals surface area contributed by atoms with Crippen molar-refractivity contribution in [1.29, 1.82) is 0 Å². The highest BCUT2D eigenvalue weighted by molar-refractivity contribution is 5.73. The molecule has 0 saturated heterocycles. The fourth-order valence-electron chi connectivity index (χ4n) is 0.318. The number of aromatic amines is 1. The normalized spacial score (nSPS) is 10.1. The molecule has 0 spiro atoms. The van der Waals surface area contributed by atoms with Crippen LogP contribution in [-0.4, -0.2) is 26.5 Å². The van der Waals surface area contributed by atoms with Gasteiger partial charge < -0.3 is 5.11 Å². The Kier molecular flexibility index (Phi) is 4.72. The first-order valence-corrected chi connectivity index (χ1v) is 4.04. The molecule has 5 nitrogen and oxygen atoms in total. The highest BCUT2D eigenvalue weighted by atomic mass is 16.4. The summed E-state index contributed by atoms with van der Waals surface area (Å²) in [6, 6.07) is 0. The molecule has 13 heavy (non-hydrogen) atoms. The molecule has 0 aliphatic heterocycles. The first-order valence-electron chi connectivity index (χ1n) is 4.04. The molecular weight excluding hydrogens is 170 g/mol. The van der Waals surface area contributed by atoms with Gasteiger partial charge in [-0.1, -0.05) is 12.1 Å². The van der Waals surface area contributed by atoms with Gasteiger partial charge in [-0.25, -0.2) is 0 Å². The summed E-state index contributed by atoms with van der Waals surface area (Å²) in [6.07, 6.45) is 3.92. The molecule has 0 saturated carbocycles. The number of aromatic nitrogens is 3. The largest absolute Gasteiger partial charge is 0.481 e. The van der Waals surface area contributed by atoms with Gasteiger partial charge in [-0.2, -0.15) is 0 Å². The van der Waals surface area contributed by atoms with E-state index in [0.29, 0.717) is 6.42 Å². The first-order chi connectivity index (χ1) is 6.00. The van der Waals surface area contributed by atoms with Gasteiger partial charge in [-0.15, -0.1) is 5.10 Å². The van der Waals surface area contributed by atoms with Crippen molar-refractivity contribution in [2.75, 3.05) is 0 Å². The van der Waals surface area contributed by atoms with Crippen molar-refractivity contribution >= 4 is 5.97 Å². The van der Waals surface area contributed by atoms with Crippen molar-refractivity contribution in [2.45, 2.75) is 27.2 Å². The number of rotatable bonds is 2. The maximum absolute atomic E-state index is 10.3. The number of nitrogens with zero attached hydrogens (tertiary/aromatic N) is 2. The van der Waals surface area contributed by atoms with Gasteiger partial charge in [0.2, 0.25) is 0 Å². The van der Waals surface area contributed by atoms with E-state index in [4.69, 9.17) is 5.11 Å². The van der Waals surface area contributed by atoms with Crippen LogP contribution in [0.4, 0.5) is 0 Å². The van der Waals surface area contributed by atoms with Gasteiger partial charge in [0.1, 0.15) is 0 Å². The minimum absolute atomic E-state index is 0.542. The summed E-state index contributed by atoms with van der Waals surface area (Å²) in [4.78, 5) is 10.3. The molecule has 0 bridgehead atoms. The molecule has 2 N–H and O–H groups in total. The van der Waals surface area contributed by atoms with Gasteiger partial charge in [-0.3, -0.25) is 9.89 Å². The fourth-order valence-corrected chi connectivity index (χ4v) is 0.318. The molecule has 0 radical (unpaired) electrons. The minimum Gasteiger partial charge on any atom is -0.481 e. The standard InChI is InChI=1S/C6H12O2.C2H3N3/c1-4-6(2,3)5(7)8;1-2-4-5-3-1/h4H2,1-3H3,(H,7,8);1-2H,(H,3,4,5). The first kappa shape index (κ1) is 11.6. The van der Waals surface area contributed by atoms with Gasteiger partial charge in [0.05, 0.1) is 11.6 Å². The summed E-state index contributed by atoms with van der Waals surface area (Å²) in [5.41, 5.74) is -0.542. The van der Waals surface area contributed by atoms with Crippen molar-refractivity contribution in [1.82, 2.24) is 15.4 Å². The van der Waals surface area contributed by atoms with E-state index in [2.05, 4.69) is 15.4 Å². The molecular formula is C8H15N3O2. The van der Waals surface area contributed by atoms with Crippen molar-refractivity contribution < 1.29 is 9.90 Å². The number of hydrogen-bond donors (Lipinski definition) is 2. The number of nitrogens with one attached hydrogen (secondary N) is 1. The van der Waals surface area contributed by atoms with Crippen LogP contribution in [-0.2, 0) is 4.79 Å². The molecule has 0 aliphatic carbocycles. The molecule has 0 aliphatic rings. The number of hydrogen-bond acceptors (Lipinski definition) is 3. The molecule has 0 atom stereocenters. The zero-order valence-electron chi connectivity index (χ0n) is 8.11. The Hall–Kier alpha value is -1.39. The van der Waals surface area contributed by atoms with E-state index in [-0.39, 0.29) is 0 Å². The van der Waals surface area contributed by atoms with Gasteiger partial charge in [0, 0.05) is 6.20 Å². The van der Waals surface area contributed by atoms with E-state index in [1.807, 2.05) is 6.92 Å². The highest BCUT2D eigenvalue weighted by Gasteiger charge is 2.23. The average molecular weight is 185 g/mol. The number of carbonyl (C=O) groups is 1. The summed E-state index contributed by atoms with van der Waals surface area (Å²) >= 11 is 0. The lowest BCUT2D eigenvalue weighted by Crippen LogP contribution is -2.21. The lowest BCUT2D eigenvalue weighted by Gasteiger charge is -2.14. The van der Waals surface area contributed by atoms with Crippen LogP contribution in [0.1, 0.15) is 27.2 Å². The molecule has 1 heterocycles. The molecule has 0 amide bonds. The summed E-state index contributed by atoms with van der Waals surface area (Å²) in [6.45, 7) is 5.30. The lowest BCUT2D eigenvalue weighted by atomic mass is 9.91. The predicted octanol–water partition coefficient (Wildman–Crippen LogP) is 1.31. The van der Waals surface area contributed by atoms with Crippen molar-refractivity contribution in [3.8, 4) is 0 Å². The van der Waals surface area contributed by atoms with Gasteiger partial charge >= 0.3 is 5.97 Å². The van der Waals surface area contributed by atoms with Crippen molar-refractivity contribution in [3.05, 3.63) is 12.4 Å². The monoisotopic (exact) mass is 185 g/mol. The Labute approximate surface area is 77.2 Å². The van der Waals surface area contributed by atoms with E-state index in [1.165, 1.54) is 0 Å². The quantitative estimate of drug-likeness (QED) is 0.728. The summed E-state index contributed by atoms with van der Waals surface area (Å²) in [7, 11) is 0. The van der Waals surface area contributed by atoms with Gasteiger partial charge in [0.25, 0.3) is 0 Å². The Balaban J connectivity index is 0.000000243. The second kappa shape index (κ2) is 5.29. The summed E-state index contributed by atoms with van der Waals surface area (Å²) in [5, 5.41) is 17.7. The third-order valence-electron chi connectivity index (χ3n) is 1.79. The second-order valence-electron chi connectivity index (χ2n) is 3.20. The van der Waals surface area contributed by atoms with Crippen LogP contribution in [0.3, 0.4) is 0 Å². The number of H-pyrrole nitrogens is 1. The number of carboxylic acid groups (broad SMARTS) is 1. The molecule has 1 aromatic rings. The molecule has 5 heteroatoms. The fraction of sp³-hybridized carbons (Fsp3) is 0.625. The molecule has 74 valence electrons. The van der Waals surface area contributed by atoms with Crippen LogP contribution in [0.25, 0.3) is 0 Å². The molecule has 1 aromatic heterocycles. The maximum Gasteiger partial charge on any atom is 0.309 e. The Bertz CT molecular complexity index is 214. The third-order valence-corrected chi connectivity index (χ3v) is 1.79. The highest BCUT2D eigenvalue weighted by Crippen LogP contribution is 2.18. The van der Waals surface area contributed by atoms with Crippen molar-refractivity contribution in [3.63, 3.8) is 0 Å². The molecule has 0 fully saturated rings. The van der Waals surface area contributed by atoms with E-state index in [0.717, 1.165) is 0 Å². The van der Waals surface area contributed by atoms with E-state index in [9.17, 15) is 4.79 Å². The van der Waals surface area contributed by atoms with E-state index >= 15 is 0 Å². The SMILES string of the molecule is CCC(C)(C)C(=O)O.c1c[nH]nn1. The predicted molar refractivity (Wildman–Crippen MR) is 48.1 cm³/mol. The van der Waals surface area contributed by atoms with E-state index < -0.39 is 11.4 Å². The van der Waals surface area contributed by atoms with Crippen LogP contribution < -0.4 is 0 Å². The smallest absolute Gasteiger partial charge is 0.309 e. The average Bonchev–Trinajstić information content (AvgIpc) is 2.61. The van der Waals surface area contributed by atoms with Gasteiger partial charge in [-0.05, 0) is 20.3 Å². The Morgan fingerprint density at radius 1 is 1.62 bits per heavy atom. The third kappa shape index (κ3) is 4.95. The molecule has 0 unspecified atom stereocenters. The van der Waals surface area contributed by atoms with Crippen molar-refractivity contribution in [2.24, 2.45) is 5.41 Å². The summed E-state index contributed by atoms with van der Waals surface area (Å²) in [5.74, 6) is -0.722. The molecule has 1 rings (SSSR count). The topological polar surface area (TPSA) is 78.9 Å². The Morgan fingerprint density at radius 3 is 2.31 bits per heavy atom. The minimum atomic E-state index is -0.722. The van der Waals surface area contributed by atoms with Crippen LogP contribution in [0, 0.1) is 5.41 Å². The van der Waals surface area contributed by atoms with Crippen LogP contribution in [0.15, 0.2) is 12.4 Å². The van der Waals surface area contributed by atoms with Gasteiger partial charge in [0.15, 0.2) is 0 Å². The lowest BCUT2D eigenvalue weighted by molar-refractivity contribution is -0.147. The number of carboxylic acids is 1. The van der Waals surface area contributed by atoms with E-state index in [1.54, 1.807) is 26.2 Å². The maximum atomic E-state index is 10.3. The second-order valence-corrected chi connectivity index (χ2v) is 3.20. The zero-order valence-corrected chi connectivity index (χ0v) is 8.11. The Morgan fingerprint density at radius 2 is 2.23 bits per heavy atom. The number of aliphatic carboxylic acids is 1. The van der Waals surface area contributed by atoms with Crippen LogP contribution in [0.2, 0.25) is 0 Å².